The lowest BCUT2D eigenvalue weighted by molar-refractivity contribution is -0.123. The van der Waals surface area contributed by atoms with Crippen LogP contribution >= 0.6 is 23.4 Å². The second-order valence-corrected chi connectivity index (χ2v) is 10.9. The van der Waals surface area contributed by atoms with Gasteiger partial charge in [-0.2, -0.15) is 11.8 Å². The van der Waals surface area contributed by atoms with Gasteiger partial charge in [-0.3, -0.25) is 9.80 Å². The van der Waals surface area contributed by atoms with E-state index in [2.05, 4.69) is 27.9 Å². The summed E-state index contributed by atoms with van der Waals surface area (Å²) in [6, 6.07) is -0.264. The number of allylic oxidation sites excluding steroid dienone is 8. The molecule has 1 amide bonds. The van der Waals surface area contributed by atoms with Crippen LogP contribution in [-0.4, -0.2) is 41.1 Å². The first-order chi connectivity index (χ1) is 16.1. The first-order valence-corrected chi connectivity index (χ1v) is 13.6. The van der Waals surface area contributed by atoms with E-state index < -0.39 is 0 Å². The molecular formula is C26H31ClFN3OS. The van der Waals surface area contributed by atoms with Crippen LogP contribution < -0.4 is 10.7 Å². The predicted octanol–water partition coefficient (Wildman–Crippen LogP) is 5.43. The van der Waals surface area contributed by atoms with Gasteiger partial charge in [0, 0.05) is 29.5 Å². The van der Waals surface area contributed by atoms with Gasteiger partial charge < -0.3 is 5.32 Å². The molecule has 7 heteroatoms. The number of hydrogen-bond donors (Lipinski definition) is 2. The van der Waals surface area contributed by atoms with Crippen molar-refractivity contribution in [2.24, 2.45) is 5.92 Å². The van der Waals surface area contributed by atoms with E-state index in [-0.39, 0.29) is 23.8 Å². The first-order valence-electron chi connectivity index (χ1n) is 12.0. The van der Waals surface area contributed by atoms with Crippen LogP contribution in [0.2, 0.25) is 0 Å². The molecule has 2 aliphatic heterocycles. The Bertz CT molecular complexity index is 989. The number of amides is 1. The third-order valence-electron chi connectivity index (χ3n) is 7.14. The van der Waals surface area contributed by atoms with Gasteiger partial charge in [-0.1, -0.05) is 48.7 Å². The Morgan fingerprint density at radius 2 is 2.12 bits per heavy atom. The van der Waals surface area contributed by atoms with Crippen molar-refractivity contribution in [2.75, 3.05) is 18.1 Å². The van der Waals surface area contributed by atoms with Gasteiger partial charge in [0.2, 0.25) is 5.91 Å². The third-order valence-corrected chi connectivity index (χ3v) is 8.45. The Morgan fingerprint density at radius 3 is 2.85 bits per heavy atom. The van der Waals surface area contributed by atoms with Crippen molar-refractivity contribution in [3.05, 3.63) is 69.7 Å². The zero-order valence-corrected chi connectivity index (χ0v) is 20.4. The molecule has 0 spiro atoms. The minimum Gasteiger partial charge on any atom is -0.354 e. The largest absolute Gasteiger partial charge is 0.354 e. The molecule has 0 bridgehead atoms. The van der Waals surface area contributed by atoms with Crippen LogP contribution in [-0.2, 0) is 4.79 Å². The van der Waals surface area contributed by atoms with Crippen LogP contribution in [0, 0.1) is 5.92 Å². The molecule has 2 N–H and O–H groups in total. The van der Waals surface area contributed by atoms with Crippen molar-refractivity contribution < 1.29 is 9.18 Å². The Hall–Kier alpha value is -1.76. The molecule has 3 aliphatic carbocycles. The summed E-state index contributed by atoms with van der Waals surface area (Å²) in [7, 11) is 0. The second kappa shape index (κ2) is 10.2. The second-order valence-electron chi connectivity index (χ2n) is 9.47. The van der Waals surface area contributed by atoms with Crippen molar-refractivity contribution >= 4 is 29.3 Å². The van der Waals surface area contributed by atoms with E-state index in [4.69, 9.17) is 11.6 Å². The minimum absolute atomic E-state index is 0.0609. The lowest BCUT2D eigenvalue weighted by Gasteiger charge is -2.33. The van der Waals surface area contributed by atoms with Gasteiger partial charge in [-0.25, -0.2) is 9.82 Å². The number of hydrogen-bond acceptors (Lipinski definition) is 4. The Morgan fingerprint density at radius 1 is 1.27 bits per heavy atom. The number of rotatable bonds is 5. The highest BCUT2D eigenvalue weighted by molar-refractivity contribution is 7.99. The molecule has 2 atom stereocenters. The maximum absolute atomic E-state index is 13.5. The van der Waals surface area contributed by atoms with E-state index in [1.807, 2.05) is 30.0 Å². The zero-order chi connectivity index (χ0) is 22.8. The summed E-state index contributed by atoms with van der Waals surface area (Å²) in [4.78, 5) is 13.3. The molecule has 0 saturated heterocycles. The molecule has 2 unspecified atom stereocenters. The number of nitrogens with one attached hydrogen (secondary N) is 2. The molecule has 2 heterocycles. The van der Waals surface area contributed by atoms with Crippen LogP contribution in [0.25, 0.3) is 0 Å². The maximum atomic E-state index is 13.5. The zero-order valence-electron chi connectivity index (χ0n) is 18.8. The van der Waals surface area contributed by atoms with E-state index in [0.29, 0.717) is 18.8 Å². The van der Waals surface area contributed by atoms with Gasteiger partial charge in [0.25, 0.3) is 0 Å². The standard InChI is InChI=1S/C26H31ClFN3OS/c27-20-7-11-22(12-8-20)31-25-19(13-17-5-9-21(28)10-6-17)15-33-16-23(25)24(30-31)26(32)29-14-18-3-1-2-4-18/h5,7-9,11,13,18,22,24,30H,1-4,6,10,12,14-16H2,(H,29,32)/b19-13+. The molecule has 4 nitrogen and oxygen atoms in total. The average Bonchev–Trinajstić information content (AvgIpc) is 3.48. The number of carbonyl (C=O) groups is 1. The summed E-state index contributed by atoms with van der Waals surface area (Å²) >= 11 is 8.02. The highest BCUT2D eigenvalue weighted by atomic mass is 35.5. The van der Waals surface area contributed by atoms with Crippen LogP contribution in [0.3, 0.4) is 0 Å². The van der Waals surface area contributed by atoms with Gasteiger partial charge in [-0.15, -0.1) is 0 Å². The summed E-state index contributed by atoms with van der Waals surface area (Å²) in [5.41, 5.74) is 8.16. The van der Waals surface area contributed by atoms with Crippen molar-refractivity contribution in [3.63, 3.8) is 0 Å². The van der Waals surface area contributed by atoms with Crippen LogP contribution in [0.1, 0.15) is 44.9 Å². The van der Waals surface area contributed by atoms with Crippen molar-refractivity contribution in [3.8, 4) is 0 Å². The SMILES string of the molecule is O=C(NCC1CCCC1)C1NN(C2C=CC(Cl)=CC2)C2=C1CSC/C2=C\C1=CC=C(F)CC1. The topological polar surface area (TPSA) is 44.4 Å². The summed E-state index contributed by atoms with van der Waals surface area (Å²) < 4.78 is 13.5. The molecule has 0 aromatic rings. The molecule has 0 aromatic carbocycles. The molecule has 176 valence electrons. The van der Waals surface area contributed by atoms with Crippen LogP contribution in [0.5, 0.6) is 0 Å². The smallest absolute Gasteiger partial charge is 0.243 e. The Kier molecular flexibility index (Phi) is 7.14. The molecule has 5 rings (SSSR count). The fraction of sp³-hybridized carbons (Fsp3) is 0.500. The van der Waals surface area contributed by atoms with Crippen LogP contribution in [0.4, 0.5) is 4.39 Å². The van der Waals surface area contributed by atoms with E-state index in [0.717, 1.165) is 46.3 Å². The fourth-order valence-corrected chi connectivity index (χ4v) is 6.55. The van der Waals surface area contributed by atoms with Gasteiger partial charge >= 0.3 is 0 Å². The number of hydrazine groups is 1. The van der Waals surface area contributed by atoms with Gasteiger partial charge in [-0.05, 0) is 60.5 Å². The van der Waals surface area contributed by atoms with Crippen molar-refractivity contribution in [2.45, 2.75) is 57.0 Å². The predicted molar refractivity (Wildman–Crippen MR) is 134 cm³/mol. The molecule has 33 heavy (non-hydrogen) atoms. The minimum atomic E-state index is -0.356. The van der Waals surface area contributed by atoms with E-state index in [9.17, 15) is 9.18 Å². The fourth-order valence-electron chi connectivity index (χ4n) is 5.32. The molecule has 0 aromatic heterocycles. The van der Waals surface area contributed by atoms with E-state index in [1.54, 1.807) is 6.08 Å². The molecule has 1 saturated carbocycles. The van der Waals surface area contributed by atoms with Gasteiger partial charge in [0.05, 0.1) is 11.7 Å². The highest BCUT2D eigenvalue weighted by Gasteiger charge is 2.41. The third kappa shape index (κ3) is 5.18. The summed E-state index contributed by atoms with van der Waals surface area (Å²) in [5, 5.41) is 6.16. The first kappa shape index (κ1) is 23.0. The van der Waals surface area contributed by atoms with Gasteiger partial charge in [0.1, 0.15) is 11.9 Å². The van der Waals surface area contributed by atoms with Gasteiger partial charge in [0.15, 0.2) is 0 Å². The summed E-state index contributed by atoms with van der Waals surface area (Å²) in [6.45, 7) is 0.766. The highest BCUT2D eigenvalue weighted by Crippen LogP contribution is 2.39. The monoisotopic (exact) mass is 487 g/mol. The average molecular weight is 488 g/mol. The molecular weight excluding hydrogens is 457 g/mol. The number of thioether (sulfide) groups is 1. The van der Waals surface area contributed by atoms with Crippen molar-refractivity contribution in [1.82, 2.24) is 15.8 Å². The Balaban J connectivity index is 1.42. The maximum Gasteiger partial charge on any atom is 0.243 e. The molecule has 0 radical (unpaired) electrons. The summed E-state index contributed by atoms with van der Waals surface area (Å²) in [5.74, 6) is 2.32. The Labute approximate surface area is 204 Å². The van der Waals surface area contributed by atoms with E-state index in [1.165, 1.54) is 31.3 Å². The lowest BCUT2D eigenvalue weighted by atomic mass is 9.97. The number of carbonyl (C=O) groups excluding carboxylic acids is 1. The number of nitrogens with zero attached hydrogens (tertiary/aromatic N) is 1. The molecule has 1 fully saturated rings. The van der Waals surface area contributed by atoms with Crippen LogP contribution in [0.15, 0.2) is 69.7 Å². The lowest BCUT2D eigenvalue weighted by Crippen LogP contribution is -2.50. The quantitative estimate of drug-likeness (QED) is 0.542. The van der Waals surface area contributed by atoms with Crippen molar-refractivity contribution in [1.29, 1.82) is 0 Å². The number of halogens is 2. The van der Waals surface area contributed by atoms with E-state index >= 15 is 0 Å². The molecule has 5 aliphatic rings. The summed E-state index contributed by atoms with van der Waals surface area (Å²) in [6.07, 6.45) is 18.6. The normalized spacial score (nSPS) is 29.2.